The third kappa shape index (κ3) is 3.22. The number of halogens is 4. The molecule has 0 amide bonds. The van der Waals surface area contributed by atoms with Gasteiger partial charge in [0.2, 0.25) is 0 Å². The van der Waals surface area contributed by atoms with Gasteiger partial charge in [0, 0.05) is 4.47 Å². The van der Waals surface area contributed by atoms with Crippen molar-refractivity contribution in [2.45, 2.75) is 19.1 Å². The zero-order valence-electron chi connectivity index (χ0n) is 10.7. The third-order valence-corrected chi connectivity index (χ3v) is 3.77. The van der Waals surface area contributed by atoms with Crippen molar-refractivity contribution in [3.8, 4) is 0 Å². The van der Waals surface area contributed by atoms with Gasteiger partial charge in [-0.2, -0.15) is 13.2 Å². The van der Waals surface area contributed by atoms with Crippen LogP contribution in [0.5, 0.6) is 0 Å². The smallest absolute Gasteiger partial charge is 0.320 e. The summed E-state index contributed by atoms with van der Waals surface area (Å²) < 4.78 is 38.4. The molecule has 2 N–H and O–H groups in total. The first kappa shape index (κ1) is 15.1. The second kappa shape index (κ2) is 5.58. The Morgan fingerprint density at radius 2 is 1.65 bits per heavy atom. The number of benzene rings is 2. The van der Waals surface area contributed by atoms with Crippen LogP contribution in [-0.4, -0.2) is 0 Å². The van der Waals surface area contributed by atoms with Crippen LogP contribution in [0.25, 0.3) is 0 Å². The van der Waals surface area contributed by atoms with Crippen molar-refractivity contribution in [3.05, 3.63) is 69.2 Å². The minimum absolute atomic E-state index is 0.466. The summed E-state index contributed by atoms with van der Waals surface area (Å²) in [6.07, 6.45) is -4.33. The lowest BCUT2D eigenvalue weighted by molar-refractivity contribution is -0.137. The molecule has 0 saturated heterocycles. The molecule has 2 aromatic carbocycles. The monoisotopic (exact) mass is 343 g/mol. The summed E-state index contributed by atoms with van der Waals surface area (Å²) in [5.41, 5.74) is 8.01. The molecular weight excluding hydrogens is 331 g/mol. The summed E-state index contributed by atoms with van der Waals surface area (Å²) in [5.74, 6) is 0. The summed E-state index contributed by atoms with van der Waals surface area (Å²) in [5, 5.41) is 0. The van der Waals surface area contributed by atoms with Crippen LogP contribution in [0.2, 0.25) is 0 Å². The molecule has 106 valence electrons. The summed E-state index contributed by atoms with van der Waals surface area (Å²) in [6, 6.07) is 10.2. The Morgan fingerprint density at radius 1 is 1.05 bits per heavy atom. The SMILES string of the molecule is Cc1ccc(C(N)c2ccc(C(F)(F)F)cc2)c(Br)c1. The molecule has 2 rings (SSSR count). The molecule has 0 radical (unpaired) electrons. The summed E-state index contributed by atoms with van der Waals surface area (Å²) in [6.45, 7) is 1.96. The largest absolute Gasteiger partial charge is 0.416 e. The van der Waals surface area contributed by atoms with Crippen molar-refractivity contribution in [2.75, 3.05) is 0 Å². The Bertz CT molecular complexity index is 606. The standard InChI is InChI=1S/C15H13BrF3N/c1-9-2-7-12(13(16)8-9)14(20)10-3-5-11(6-4-10)15(17,18)19/h2-8,14H,20H2,1H3. The van der Waals surface area contributed by atoms with Gasteiger partial charge in [-0.05, 0) is 41.8 Å². The molecule has 0 bridgehead atoms. The van der Waals surface area contributed by atoms with Gasteiger partial charge in [-0.15, -0.1) is 0 Å². The minimum atomic E-state index is -4.33. The number of nitrogens with two attached hydrogens (primary N) is 1. The van der Waals surface area contributed by atoms with Crippen molar-refractivity contribution in [2.24, 2.45) is 5.73 Å². The number of hydrogen-bond acceptors (Lipinski definition) is 1. The predicted octanol–water partition coefficient (Wildman–Crippen LogP) is 4.82. The fraction of sp³-hybridized carbons (Fsp3) is 0.200. The van der Waals surface area contributed by atoms with Crippen LogP contribution in [-0.2, 0) is 6.18 Å². The van der Waals surface area contributed by atoms with Gasteiger partial charge in [0.05, 0.1) is 11.6 Å². The normalized spacial score (nSPS) is 13.3. The second-order valence-electron chi connectivity index (χ2n) is 4.62. The van der Waals surface area contributed by atoms with Gasteiger partial charge in [-0.3, -0.25) is 0 Å². The average molecular weight is 344 g/mol. The van der Waals surface area contributed by atoms with E-state index in [1.54, 1.807) is 0 Å². The van der Waals surface area contributed by atoms with Crippen LogP contribution < -0.4 is 5.73 Å². The molecule has 20 heavy (non-hydrogen) atoms. The number of alkyl halides is 3. The van der Waals surface area contributed by atoms with Gasteiger partial charge in [0.15, 0.2) is 0 Å². The Balaban J connectivity index is 2.31. The van der Waals surface area contributed by atoms with E-state index in [1.807, 2.05) is 25.1 Å². The number of hydrogen-bond donors (Lipinski definition) is 1. The second-order valence-corrected chi connectivity index (χ2v) is 5.48. The van der Waals surface area contributed by atoms with Crippen LogP contribution in [0, 0.1) is 6.92 Å². The Hall–Kier alpha value is -1.33. The molecule has 0 saturated carbocycles. The number of rotatable bonds is 2. The van der Waals surface area contributed by atoms with Crippen LogP contribution in [0.3, 0.4) is 0 Å². The molecule has 0 aliphatic rings. The first-order valence-corrected chi connectivity index (χ1v) is 6.77. The molecule has 1 nitrogen and oxygen atoms in total. The van der Waals surface area contributed by atoms with E-state index in [0.717, 1.165) is 27.7 Å². The van der Waals surface area contributed by atoms with Crippen LogP contribution in [0.1, 0.15) is 28.3 Å². The van der Waals surface area contributed by atoms with E-state index in [-0.39, 0.29) is 0 Å². The van der Waals surface area contributed by atoms with E-state index < -0.39 is 17.8 Å². The van der Waals surface area contributed by atoms with Crippen molar-refractivity contribution >= 4 is 15.9 Å². The predicted molar refractivity (Wildman–Crippen MR) is 76.4 cm³/mol. The van der Waals surface area contributed by atoms with Gasteiger partial charge in [0.25, 0.3) is 0 Å². The molecule has 1 unspecified atom stereocenters. The highest BCUT2D eigenvalue weighted by Gasteiger charge is 2.30. The highest BCUT2D eigenvalue weighted by Crippen LogP contribution is 2.32. The molecular formula is C15H13BrF3N. The molecule has 0 aromatic heterocycles. The van der Waals surface area contributed by atoms with E-state index in [2.05, 4.69) is 15.9 Å². The average Bonchev–Trinajstić information content (AvgIpc) is 2.37. The maximum Gasteiger partial charge on any atom is 0.416 e. The van der Waals surface area contributed by atoms with Crippen molar-refractivity contribution in [1.82, 2.24) is 0 Å². The van der Waals surface area contributed by atoms with E-state index in [0.29, 0.717) is 5.56 Å². The highest BCUT2D eigenvalue weighted by molar-refractivity contribution is 9.10. The molecule has 0 fully saturated rings. The van der Waals surface area contributed by atoms with Gasteiger partial charge >= 0.3 is 6.18 Å². The van der Waals surface area contributed by atoms with Gasteiger partial charge in [-0.1, -0.05) is 40.2 Å². The fourth-order valence-corrected chi connectivity index (χ4v) is 2.68. The van der Waals surface area contributed by atoms with E-state index in [9.17, 15) is 13.2 Å². The topological polar surface area (TPSA) is 26.0 Å². The lowest BCUT2D eigenvalue weighted by Gasteiger charge is -2.16. The van der Waals surface area contributed by atoms with Crippen LogP contribution in [0.4, 0.5) is 13.2 Å². The van der Waals surface area contributed by atoms with Gasteiger partial charge in [-0.25, -0.2) is 0 Å². The van der Waals surface area contributed by atoms with Crippen LogP contribution in [0.15, 0.2) is 46.9 Å². The lowest BCUT2D eigenvalue weighted by Crippen LogP contribution is -2.13. The Kier molecular flexibility index (Phi) is 4.20. The highest BCUT2D eigenvalue weighted by atomic mass is 79.9. The van der Waals surface area contributed by atoms with Crippen molar-refractivity contribution in [3.63, 3.8) is 0 Å². The zero-order valence-corrected chi connectivity index (χ0v) is 12.3. The molecule has 0 heterocycles. The van der Waals surface area contributed by atoms with E-state index >= 15 is 0 Å². The Labute approximate surface area is 123 Å². The minimum Gasteiger partial charge on any atom is -0.320 e. The molecule has 0 aliphatic heterocycles. The molecule has 1 atom stereocenters. The summed E-state index contributed by atoms with van der Waals surface area (Å²) in [4.78, 5) is 0. The maximum absolute atomic E-state index is 12.5. The van der Waals surface area contributed by atoms with E-state index in [1.165, 1.54) is 12.1 Å². The first-order valence-electron chi connectivity index (χ1n) is 5.98. The fourth-order valence-electron chi connectivity index (χ4n) is 1.94. The summed E-state index contributed by atoms with van der Waals surface area (Å²) in [7, 11) is 0. The quantitative estimate of drug-likeness (QED) is 0.830. The maximum atomic E-state index is 12.5. The molecule has 5 heteroatoms. The Morgan fingerprint density at radius 3 is 2.15 bits per heavy atom. The van der Waals surface area contributed by atoms with Crippen LogP contribution >= 0.6 is 15.9 Å². The van der Waals surface area contributed by atoms with Gasteiger partial charge < -0.3 is 5.73 Å². The third-order valence-electron chi connectivity index (χ3n) is 3.09. The lowest BCUT2D eigenvalue weighted by atomic mass is 9.98. The molecule has 0 aliphatic carbocycles. The van der Waals surface area contributed by atoms with Crippen molar-refractivity contribution in [1.29, 1.82) is 0 Å². The zero-order chi connectivity index (χ0) is 14.9. The van der Waals surface area contributed by atoms with Gasteiger partial charge in [0.1, 0.15) is 0 Å². The van der Waals surface area contributed by atoms with Crippen molar-refractivity contribution < 1.29 is 13.2 Å². The first-order chi connectivity index (χ1) is 9.29. The number of aryl methyl sites for hydroxylation is 1. The molecule has 0 spiro atoms. The molecule has 2 aromatic rings. The summed E-state index contributed by atoms with van der Waals surface area (Å²) >= 11 is 3.43. The van der Waals surface area contributed by atoms with E-state index in [4.69, 9.17) is 5.73 Å².